The number of benzene rings is 3. The van der Waals surface area contributed by atoms with Crippen molar-refractivity contribution in [2.45, 2.75) is 19.3 Å². The van der Waals surface area contributed by atoms with Gasteiger partial charge in [0.15, 0.2) is 0 Å². The van der Waals surface area contributed by atoms with Gasteiger partial charge < -0.3 is 0 Å². The molecule has 1 aliphatic rings. The topological polar surface area (TPSA) is 0 Å². The summed E-state index contributed by atoms with van der Waals surface area (Å²) >= 11 is 0. The highest BCUT2D eigenvalue weighted by molar-refractivity contribution is 7.79. The fourth-order valence-corrected chi connectivity index (χ4v) is 6.26. The molecule has 0 saturated heterocycles. The van der Waals surface area contributed by atoms with Gasteiger partial charge in [0.2, 0.25) is 0 Å². The molecular formula is C25H23P. The molecule has 1 heteroatoms. The van der Waals surface area contributed by atoms with Crippen LogP contribution in [0.5, 0.6) is 0 Å². The van der Waals surface area contributed by atoms with E-state index in [-0.39, 0.29) is 5.41 Å². The van der Waals surface area contributed by atoms with Crippen LogP contribution in [-0.4, -0.2) is 0 Å². The number of hydrogen-bond donors (Lipinski definition) is 0. The van der Waals surface area contributed by atoms with E-state index in [1.54, 1.807) is 0 Å². The molecule has 0 fully saturated rings. The SMILES string of the molecule is Cc1c(P(c2ccccc2)c2ccccc2)cccc1C1(C)C=CC=C1. The Bertz CT molecular complexity index is 900. The van der Waals surface area contributed by atoms with Crippen LogP contribution in [0.2, 0.25) is 0 Å². The maximum Gasteiger partial charge on any atom is 0.0292 e. The van der Waals surface area contributed by atoms with E-state index in [1.165, 1.54) is 27.0 Å². The molecule has 0 radical (unpaired) electrons. The van der Waals surface area contributed by atoms with Gasteiger partial charge in [0.1, 0.15) is 0 Å². The van der Waals surface area contributed by atoms with Crippen molar-refractivity contribution in [3.8, 4) is 0 Å². The molecule has 4 rings (SSSR count). The molecule has 0 aromatic heterocycles. The number of hydrogen-bond acceptors (Lipinski definition) is 0. The summed E-state index contributed by atoms with van der Waals surface area (Å²) in [7, 11) is -0.568. The van der Waals surface area contributed by atoms with Crippen LogP contribution in [0.4, 0.5) is 0 Å². The minimum absolute atomic E-state index is 0.00548. The van der Waals surface area contributed by atoms with Gasteiger partial charge in [-0.3, -0.25) is 0 Å². The Hall–Kier alpha value is -2.43. The van der Waals surface area contributed by atoms with Crippen molar-refractivity contribution in [1.29, 1.82) is 0 Å². The quantitative estimate of drug-likeness (QED) is 0.569. The Balaban J connectivity index is 1.90. The van der Waals surface area contributed by atoms with Crippen LogP contribution in [0, 0.1) is 6.92 Å². The molecule has 0 amide bonds. The zero-order valence-electron chi connectivity index (χ0n) is 15.3. The van der Waals surface area contributed by atoms with E-state index >= 15 is 0 Å². The predicted molar refractivity (Wildman–Crippen MR) is 116 cm³/mol. The van der Waals surface area contributed by atoms with Crippen molar-refractivity contribution in [1.82, 2.24) is 0 Å². The van der Waals surface area contributed by atoms with Gasteiger partial charge in [0.05, 0.1) is 0 Å². The van der Waals surface area contributed by atoms with Crippen molar-refractivity contribution in [2.24, 2.45) is 0 Å². The molecule has 0 bridgehead atoms. The molecule has 0 heterocycles. The third-order valence-electron chi connectivity index (χ3n) is 5.15. The predicted octanol–water partition coefficient (Wildman–Crippen LogP) is 5.14. The lowest BCUT2D eigenvalue weighted by atomic mass is 9.82. The van der Waals surface area contributed by atoms with Crippen LogP contribution >= 0.6 is 7.92 Å². The van der Waals surface area contributed by atoms with Crippen LogP contribution in [0.3, 0.4) is 0 Å². The summed E-state index contributed by atoms with van der Waals surface area (Å²) in [5.41, 5.74) is 2.80. The highest BCUT2D eigenvalue weighted by Crippen LogP contribution is 2.38. The first-order valence-electron chi connectivity index (χ1n) is 9.06. The van der Waals surface area contributed by atoms with Crippen molar-refractivity contribution in [3.05, 3.63) is 114 Å². The van der Waals surface area contributed by atoms with E-state index < -0.39 is 7.92 Å². The summed E-state index contributed by atoms with van der Waals surface area (Å²) in [5.74, 6) is 0. The average molecular weight is 354 g/mol. The second kappa shape index (κ2) is 7.06. The lowest BCUT2D eigenvalue weighted by Crippen LogP contribution is -2.26. The fraction of sp³-hybridized carbons (Fsp3) is 0.120. The third kappa shape index (κ3) is 3.06. The molecule has 26 heavy (non-hydrogen) atoms. The molecule has 1 aliphatic carbocycles. The minimum Gasteiger partial charge on any atom is -0.0705 e. The monoisotopic (exact) mass is 354 g/mol. The molecular weight excluding hydrogens is 331 g/mol. The summed E-state index contributed by atoms with van der Waals surface area (Å²) < 4.78 is 0. The summed E-state index contributed by atoms with van der Waals surface area (Å²) in [6.45, 7) is 4.59. The molecule has 0 saturated carbocycles. The number of rotatable bonds is 4. The van der Waals surface area contributed by atoms with Crippen LogP contribution in [-0.2, 0) is 5.41 Å². The smallest absolute Gasteiger partial charge is 0.0292 e. The molecule has 3 aromatic rings. The van der Waals surface area contributed by atoms with Crippen molar-refractivity contribution in [2.75, 3.05) is 0 Å². The second-order valence-electron chi connectivity index (χ2n) is 6.96. The third-order valence-corrected chi connectivity index (χ3v) is 7.75. The minimum atomic E-state index is -0.568. The van der Waals surface area contributed by atoms with Crippen molar-refractivity contribution in [3.63, 3.8) is 0 Å². The maximum atomic E-state index is 2.32. The van der Waals surface area contributed by atoms with Gasteiger partial charge in [-0.05, 0) is 48.8 Å². The molecule has 0 aliphatic heterocycles. The van der Waals surface area contributed by atoms with Gasteiger partial charge in [-0.15, -0.1) is 0 Å². The Morgan fingerprint density at radius 3 is 1.73 bits per heavy atom. The van der Waals surface area contributed by atoms with Crippen LogP contribution in [0.15, 0.2) is 103 Å². The highest BCUT2D eigenvalue weighted by atomic mass is 31.1. The largest absolute Gasteiger partial charge is 0.0705 e. The first kappa shape index (κ1) is 17.0. The van der Waals surface area contributed by atoms with Gasteiger partial charge in [0.25, 0.3) is 0 Å². The Kier molecular flexibility index (Phi) is 4.62. The second-order valence-corrected chi connectivity index (χ2v) is 9.14. The van der Waals surface area contributed by atoms with Crippen molar-refractivity contribution >= 4 is 23.8 Å². The lowest BCUT2D eigenvalue weighted by Gasteiger charge is -2.27. The van der Waals surface area contributed by atoms with Gasteiger partial charge >= 0.3 is 0 Å². The summed E-state index contributed by atoms with van der Waals surface area (Å²) in [4.78, 5) is 0. The van der Waals surface area contributed by atoms with E-state index in [9.17, 15) is 0 Å². The molecule has 0 unspecified atom stereocenters. The van der Waals surface area contributed by atoms with Crippen LogP contribution in [0.1, 0.15) is 18.1 Å². The number of allylic oxidation sites excluding steroid dienone is 4. The van der Waals surface area contributed by atoms with E-state index in [1.807, 2.05) is 0 Å². The maximum absolute atomic E-state index is 2.32. The van der Waals surface area contributed by atoms with Gasteiger partial charge in [-0.2, -0.15) is 0 Å². The van der Waals surface area contributed by atoms with Gasteiger partial charge in [-0.1, -0.05) is 103 Å². The molecule has 0 nitrogen and oxygen atoms in total. The first-order chi connectivity index (χ1) is 12.7. The Morgan fingerprint density at radius 1 is 0.654 bits per heavy atom. The van der Waals surface area contributed by atoms with Crippen LogP contribution < -0.4 is 15.9 Å². The van der Waals surface area contributed by atoms with E-state index in [0.717, 1.165) is 0 Å². The van der Waals surface area contributed by atoms with E-state index in [2.05, 4.69) is 117 Å². The van der Waals surface area contributed by atoms with Gasteiger partial charge in [-0.25, -0.2) is 0 Å². The van der Waals surface area contributed by atoms with Crippen molar-refractivity contribution < 1.29 is 0 Å². The summed E-state index contributed by atoms with van der Waals surface area (Å²) in [6, 6.07) is 28.7. The molecule has 0 atom stereocenters. The average Bonchev–Trinajstić information content (AvgIpc) is 3.13. The zero-order valence-corrected chi connectivity index (χ0v) is 16.2. The molecule has 0 spiro atoms. The van der Waals surface area contributed by atoms with Crippen LogP contribution in [0.25, 0.3) is 0 Å². The van der Waals surface area contributed by atoms with Gasteiger partial charge in [0, 0.05) is 5.41 Å². The molecule has 0 N–H and O–H groups in total. The fourth-order valence-electron chi connectivity index (χ4n) is 3.78. The first-order valence-corrected chi connectivity index (χ1v) is 10.4. The zero-order chi connectivity index (χ0) is 18.0. The normalized spacial score (nSPS) is 14.9. The Morgan fingerprint density at radius 2 is 1.19 bits per heavy atom. The summed E-state index contributed by atoms with van der Waals surface area (Å²) in [6.07, 6.45) is 8.91. The van der Waals surface area contributed by atoms with E-state index in [0.29, 0.717) is 0 Å². The molecule has 3 aromatic carbocycles. The standard InChI is InChI=1S/C25H23P/c1-20-23(25(2)18-9-10-19-25)16-11-17-24(20)26(21-12-5-3-6-13-21)22-14-7-4-8-15-22/h3-19H,1-2H3. The Labute approximate surface area is 157 Å². The lowest BCUT2D eigenvalue weighted by molar-refractivity contribution is 0.763. The molecule has 128 valence electrons. The summed E-state index contributed by atoms with van der Waals surface area (Å²) in [5, 5.41) is 4.25. The van der Waals surface area contributed by atoms with E-state index in [4.69, 9.17) is 0 Å². The highest BCUT2D eigenvalue weighted by Gasteiger charge is 2.27.